The van der Waals surface area contributed by atoms with Crippen molar-refractivity contribution in [3.8, 4) is 0 Å². The van der Waals surface area contributed by atoms with Gasteiger partial charge in [-0.3, -0.25) is 9.59 Å². The molecule has 1 aromatic rings. The Morgan fingerprint density at radius 1 is 1.23 bits per heavy atom. The Morgan fingerprint density at radius 3 is 2.69 bits per heavy atom. The maximum atomic E-state index is 12.4. The number of benzene rings is 1. The van der Waals surface area contributed by atoms with Crippen molar-refractivity contribution in [2.75, 3.05) is 24.5 Å². The van der Waals surface area contributed by atoms with Gasteiger partial charge in [-0.15, -0.1) is 0 Å². The van der Waals surface area contributed by atoms with Gasteiger partial charge in [-0.25, -0.2) is 13.1 Å². The highest BCUT2D eigenvalue weighted by Crippen LogP contribution is 2.29. The van der Waals surface area contributed by atoms with E-state index in [-0.39, 0.29) is 23.3 Å². The quantitative estimate of drug-likeness (QED) is 0.668. The highest BCUT2D eigenvalue weighted by Gasteiger charge is 2.23. The Bertz CT molecular complexity index is 762. The number of anilines is 1. The maximum absolute atomic E-state index is 12.4. The zero-order chi connectivity index (χ0) is 19.2. The lowest BCUT2D eigenvalue weighted by molar-refractivity contribution is -0.120. The standard InChI is InChI=1S/C18H27N3O4S/c1-3-4-5-10-19-18(23)13-20-26(24,25)16-8-9-17-15(12-16)7-6-11-21(17)14(2)22/h8-9,12,20H,3-7,10-11,13H2,1-2H3,(H,19,23). The number of sulfonamides is 1. The zero-order valence-electron chi connectivity index (χ0n) is 15.4. The van der Waals surface area contributed by atoms with E-state index in [2.05, 4.69) is 17.0 Å². The maximum Gasteiger partial charge on any atom is 0.241 e. The van der Waals surface area contributed by atoms with Crippen LogP contribution in [0.1, 0.15) is 45.1 Å². The third-order valence-electron chi connectivity index (χ3n) is 4.39. The molecule has 0 fully saturated rings. The number of amides is 2. The molecule has 1 aliphatic rings. The minimum atomic E-state index is -3.78. The Balaban J connectivity index is 2.01. The van der Waals surface area contributed by atoms with Crippen LogP contribution in [0.3, 0.4) is 0 Å². The van der Waals surface area contributed by atoms with Crippen LogP contribution in [0.15, 0.2) is 23.1 Å². The van der Waals surface area contributed by atoms with Gasteiger partial charge in [0.25, 0.3) is 0 Å². The van der Waals surface area contributed by atoms with Crippen LogP contribution >= 0.6 is 0 Å². The van der Waals surface area contributed by atoms with Crippen molar-refractivity contribution in [3.63, 3.8) is 0 Å². The summed E-state index contributed by atoms with van der Waals surface area (Å²) in [6.45, 7) is 4.48. The van der Waals surface area contributed by atoms with E-state index in [1.54, 1.807) is 17.0 Å². The summed E-state index contributed by atoms with van der Waals surface area (Å²) in [5.41, 5.74) is 1.59. The fourth-order valence-electron chi connectivity index (χ4n) is 2.98. The van der Waals surface area contributed by atoms with Gasteiger partial charge in [0.2, 0.25) is 21.8 Å². The molecule has 144 valence electrons. The Kier molecular flexibility index (Phi) is 7.16. The van der Waals surface area contributed by atoms with E-state index in [0.29, 0.717) is 13.1 Å². The summed E-state index contributed by atoms with van der Waals surface area (Å²) in [5.74, 6) is -0.398. The normalized spacial score (nSPS) is 14.0. The number of fused-ring (bicyclic) bond motifs is 1. The number of carbonyl (C=O) groups is 2. The second kappa shape index (κ2) is 9.14. The first-order chi connectivity index (χ1) is 12.3. The lowest BCUT2D eigenvalue weighted by Crippen LogP contribution is -2.37. The Hall–Kier alpha value is -1.93. The average Bonchev–Trinajstić information content (AvgIpc) is 2.62. The van der Waals surface area contributed by atoms with E-state index in [4.69, 9.17) is 0 Å². The number of nitrogens with zero attached hydrogens (tertiary/aromatic N) is 1. The van der Waals surface area contributed by atoms with Crippen LogP contribution in [0.5, 0.6) is 0 Å². The third-order valence-corrected chi connectivity index (χ3v) is 5.78. The van der Waals surface area contributed by atoms with Crippen LogP contribution in [0.2, 0.25) is 0 Å². The predicted molar refractivity (Wildman–Crippen MR) is 101 cm³/mol. The van der Waals surface area contributed by atoms with E-state index in [1.165, 1.54) is 13.0 Å². The summed E-state index contributed by atoms with van der Waals surface area (Å²) in [4.78, 5) is 25.2. The van der Waals surface area contributed by atoms with Gasteiger partial charge >= 0.3 is 0 Å². The summed E-state index contributed by atoms with van der Waals surface area (Å²) < 4.78 is 27.2. The van der Waals surface area contributed by atoms with Crippen LogP contribution in [0.25, 0.3) is 0 Å². The van der Waals surface area contributed by atoms with Crippen molar-refractivity contribution in [1.29, 1.82) is 0 Å². The molecule has 1 aliphatic heterocycles. The van der Waals surface area contributed by atoms with Crippen LogP contribution in [0.4, 0.5) is 5.69 Å². The number of unbranched alkanes of at least 4 members (excludes halogenated alkanes) is 2. The van der Waals surface area contributed by atoms with E-state index < -0.39 is 10.0 Å². The van der Waals surface area contributed by atoms with Gasteiger partial charge in [-0.2, -0.15) is 0 Å². The number of rotatable bonds is 8. The fourth-order valence-corrected chi connectivity index (χ4v) is 4.01. The highest BCUT2D eigenvalue weighted by molar-refractivity contribution is 7.89. The summed E-state index contributed by atoms with van der Waals surface area (Å²) in [5, 5.41) is 2.70. The lowest BCUT2D eigenvalue weighted by atomic mass is 10.0. The molecule has 1 heterocycles. The highest BCUT2D eigenvalue weighted by atomic mass is 32.2. The smallest absolute Gasteiger partial charge is 0.241 e. The third kappa shape index (κ3) is 5.28. The summed E-state index contributed by atoms with van der Waals surface area (Å²) in [6, 6.07) is 4.72. The second-order valence-electron chi connectivity index (χ2n) is 6.45. The van der Waals surface area contributed by atoms with Crippen molar-refractivity contribution < 1.29 is 18.0 Å². The second-order valence-corrected chi connectivity index (χ2v) is 8.21. The van der Waals surface area contributed by atoms with Crippen LogP contribution in [0, 0.1) is 0 Å². The largest absolute Gasteiger partial charge is 0.355 e. The van der Waals surface area contributed by atoms with Crippen molar-refractivity contribution in [1.82, 2.24) is 10.0 Å². The topological polar surface area (TPSA) is 95.6 Å². The molecule has 1 aromatic carbocycles. The zero-order valence-corrected chi connectivity index (χ0v) is 16.2. The van der Waals surface area contributed by atoms with E-state index in [1.807, 2.05) is 0 Å². The van der Waals surface area contributed by atoms with Crippen molar-refractivity contribution >= 4 is 27.5 Å². The first-order valence-corrected chi connectivity index (χ1v) is 10.5. The average molecular weight is 381 g/mol. The van der Waals surface area contributed by atoms with E-state index in [9.17, 15) is 18.0 Å². The number of carbonyl (C=O) groups excluding carboxylic acids is 2. The summed E-state index contributed by atoms with van der Waals surface area (Å²) in [7, 11) is -3.78. The number of aryl methyl sites for hydroxylation is 1. The van der Waals surface area contributed by atoms with Gasteiger partial charge in [-0.05, 0) is 43.0 Å². The molecular formula is C18H27N3O4S. The van der Waals surface area contributed by atoms with Crippen LogP contribution < -0.4 is 14.9 Å². The van der Waals surface area contributed by atoms with Gasteiger partial charge in [0, 0.05) is 25.7 Å². The summed E-state index contributed by atoms with van der Waals surface area (Å²) in [6.07, 6.45) is 4.48. The molecule has 7 nitrogen and oxygen atoms in total. The van der Waals surface area contributed by atoms with E-state index >= 15 is 0 Å². The Labute approximate surface area is 155 Å². The fraction of sp³-hybridized carbons (Fsp3) is 0.556. The molecule has 0 aliphatic carbocycles. The SMILES string of the molecule is CCCCCNC(=O)CNS(=O)(=O)c1ccc2c(c1)CCCN2C(C)=O. The molecule has 0 aromatic heterocycles. The van der Waals surface area contributed by atoms with Gasteiger partial charge in [0.05, 0.1) is 11.4 Å². The van der Waals surface area contributed by atoms with Crippen molar-refractivity contribution in [2.45, 2.75) is 50.8 Å². The molecule has 0 saturated carbocycles. The molecule has 26 heavy (non-hydrogen) atoms. The molecule has 2 rings (SSSR count). The molecular weight excluding hydrogens is 354 g/mol. The number of nitrogens with one attached hydrogen (secondary N) is 2. The molecule has 2 amide bonds. The summed E-state index contributed by atoms with van der Waals surface area (Å²) >= 11 is 0. The van der Waals surface area contributed by atoms with Gasteiger partial charge in [-0.1, -0.05) is 19.8 Å². The molecule has 0 atom stereocenters. The molecule has 0 radical (unpaired) electrons. The molecule has 8 heteroatoms. The van der Waals surface area contributed by atoms with Crippen LogP contribution in [-0.2, 0) is 26.0 Å². The monoisotopic (exact) mass is 381 g/mol. The van der Waals surface area contributed by atoms with Crippen molar-refractivity contribution in [3.05, 3.63) is 23.8 Å². The van der Waals surface area contributed by atoms with Crippen LogP contribution in [-0.4, -0.2) is 39.9 Å². The predicted octanol–water partition coefficient (Wildman–Crippen LogP) is 1.57. The molecule has 0 bridgehead atoms. The molecule has 2 N–H and O–H groups in total. The van der Waals surface area contributed by atoms with Gasteiger partial charge in [0.15, 0.2) is 0 Å². The molecule has 0 unspecified atom stereocenters. The van der Waals surface area contributed by atoms with Crippen molar-refractivity contribution in [2.24, 2.45) is 0 Å². The molecule has 0 spiro atoms. The minimum absolute atomic E-state index is 0.0561. The van der Waals surface area contributed by atoms with Gasteiger partial charge in [0.1, 0.15) is 0 Å². The first-order valence-electron chi connectivity index (χ1n) is 9.02. The number of hydrogen-bond donors (Lipinski definition) is 2. The van der Waals surface area contributed by atoms with Gasteiger partial charge < -0.3 is 10.2 Å². The first kappa shape index (κ1) is 20.4. The number of hydrogen-bond acceptors (Lipinski definition) is 4. The Morgan fingerprint density at radius 2 is 2.00 bits per heavy atom. The minimum Gasteiger partial charge on any atom is -0.355 e. The lowest BCUT2D eigenvalue weighted by Gasteiger charge is -2.28. The van der Waals surface area contributed by atoms with E-state index in [0.717, 1.165) is 43.4 Å². The molecule has 0 saturated heterocycles.